The second-order valence-electron chi connectivity index (χ2n) is 4.88. The lowest BCUT2D eigenvalue weighted by atomic mass is 9.98. The second kappa shape index (κ2) is 7.49. The van der Waals surface area contributed by atoms with Crippen LogP contribution in [0.15, 0.2) is 18.2 Å². The van der Waals surface area contributed by atoms with Crippen molar-refractivity contribution in [2.75, 3.05) is 0 Å². The van der Waals surface area contributed by atoms with Gasteiger partial charge in [0, 0.05) is 0 Å². The van der Waals surface area contributed by atoms with E-state index in [0.717, 1.165) is 0 Å². The molecule has 1 aromatic carbocycles. The number of unbranched alkanes of at least 4 members (excludes halogenated alkanes) is 5. The molecule has 0 heteroatoms. The molecule has 0 aromatic heterocycles. The van der Waals surface area contributed by atoms with E-state index in [1.165, 1.54) is 56.1 Å². The average Bonchev–Trinajstić information content (AvgIpc) is 2.29. The summed E-state index contributed by atoms with van der Waals surface area (Å²) in [5.41, 5.74) is 4.48. The Hall–Kier alpha value is -0.780. The summed E-state index contributed by atoms with van der Waals surface area (Å²) < 4.78 is 0. The zero-order chi connectivity index (χ0) is 11.8. The number of benzene rings is 1. The van der Waals surface area contributed by atoms with Gasteiger partial charge >= 0.3 is 0 Å². The first kappa shape index (κ1) is 13.3. The largest absolute Gasteiger partial charge is 0.0654 e. The van der Waals surface area contributed by atoms with Gasteiger partial charge in [-0.2, -0.15) is 0 Å². The van der Waals surface area contributed by atoms with Crippen LogP contribution in [-0.4, -0.2) is 0 Å². The normalized spacial score (nSPS) is 10.7. The van der Waals surface area contributed by atoms with Gasteiger partial charge in [-0.05, 0) is 43.4 Å². The predicted octanol–water partition coefficient (Wildman–Crippen LogP) is 5.21. The lowest BCUT2D eigenvalue weighted by Crippen LogP contribution is -1.92. The summed E-state index contributed by atoms with van der Waals surface area (Å²) in [6.45, 7) is 6.73. The van der Waals surface area contributed by atoms with Crippen molar-refractivity contribution in [2.24, 2.45) is 0 Å². The third-order valence-corrected chi connectivity index (χ3v) is 3.52. The van der Waals surface area contributed by atoms with E-state index in [1.54, 1.807) is 5.56 Å². The molecule has 0 radical (unpaired) electrons. The van der Waals surface area contributed by atoms with E-state index < -0.39 is 0 Å². The van der Waals surface area contributed by atoms with Gasteiger partial charge in [0.1, 0.15) is 0 Å². The Kier molecular flexibility index (Phi) is 6.22. The van der Waals surface area contributed by atoms with Crippen molar-refractivity contribution in [1.29, 1.82) is 0 Å². The first-order valence-corrected chi connectivity index (χ1v) is 6.80. The molecule has 0 amide bonds. The fraction of sp³-hybridized carbons (Fsp3) is 0.625. The van der Waals surface area contributed by atoms with Gasteiger partial charge in [-0.15, -0.1) is 0 Å². The van der Waals surface area contributed by atoms with Crippen LogP contribution in [0.5, 0.6) is 0 Å². The SMILES string of the molecule is CCCCCCCCc1cccc(C)c1C. The van der Waals surface area contributed by atoms with Crippen molar-refractivity contribution in [3.63, 3.8) is 0 Å². The van der Waals surface area contributed by atoms with Gasteiger partial charge in [0.05, 0.1) is 0 Å². The second-order valence-corrected chi connectivity index (χ2v) is 4.88. The van der Waals surface area contributed by atoms with Crippen molar-refractivity contribution in [2.45, 2.75) is 65.7 Å². The molecule has 0 atom stereocenters. The fourth-order valence-corrected chi connectivity index (χ4v) is 2.18. The summed E-state index contributed by atoms with van der Waals surface area (Å²) >= 11 is 0. The zero-order valence-electron chi connectivity index (χ0n) is 11.2. The van der Waals surface area contributed by atoms with Crippen LogP contribution in [0, 0.1) is 13.8 Å². The van der Waals surface area contributed by atoms with E-state index in [-0.39, 0.29) is 0 Å². The van der Waals surface area contributed by atoms with Crippen LogP contribution in [0.3, 0.4) is 0 Å². The Morgan fingerprint density at radius 2 is 1.56 bits per heavy atom. The maximum absolute atomic E-state index is 2.29. The molecule has 0 nitrogen and oxygen atoms in total. The highest BCUT2D eigenvalue weighted by Gasteiger charge is 2.00. The molecule has 0 unspecified atom stereocenters. The number of aryl methyl sites for hydroxylation is 2. The number of hydrogen-bond donors (Lipinski definition) is 0. The average molecular weight is 218 g/mol. The van der Waals surface area contributed by atoms with Crippen LogP contribution in [0.1, 0.15) is 62.1 Å². The van der Waals surface area contributed by atoms with Crippen LogP contribution < -0.4 is 0 Å². The van der Waals surface area contributed by atoms with Crippen LogP contribution >= 0.6 is 0 Å². The molecule has 0 spiro atoms. The molecule has 0 aliphatic heterocycles. The molecular weight excluding hydrogens is 192 g/mol. The minimum absolute atomic E-state index is 1.26. The lowest BCUT2D eigenvalue weighted by molar-refractivity contribution is 0.607. The number of hydrogen-bond acceptors (Lipinski definition) is 0. The monoisotopic (exact) mass is 218 g/mol. The van der Waals surface area contributed by atoms with E-state index >= 15 is 0 Å². The van der Waals surface area contributed by atoms with E-state index in [4.69, 9.17) is 0 Å². The van der Waals surface area contributed by atoms with Gasteiger partial charge in [-0.25, -0.2) is 0 Å². The van der Waals surface area contributed by atoms with Crippen LogP contribution in [0.4, 0.5) is 0 Å². The van der Waals surface area contributed by atoms with Gasteiger partial charge in [0.25, 0.3) is 0 Å². The van der Waals surface area contributed by atoms with E-state index in [1.807, 2.05) is 0 Å². The topological polar surface area (TPSA) is 0 Å². The molecule has 0 heterocycles. The first-order chi connectivity index (χ1) is 7.75. The van der Waals surface area contributed by atoms with Gasteiger partial charge in [-0.3, -0.25) is 0 Å². The Morgan fingerprint density at radius 3 is 2.31 bits per heavy atom. The van der Waals surface area contributed by atoms with Crippen LogP contribution in [-0.2, 0) is 6.42 Å². The van der Waals surface area contributed by atoms with Gasteiger partial charge in [0.15, 0.2) is 0 Å². The smallest absolute Gasteiger partial charge is 0.0276 e. The maximum Gasteiger partial charge on any atom is -0.0276 e. The van der Waals surface area contributed by atoms with Crippen molar-refractivity contribution < 1.29 is 0 Å². The highest BCUT2D eigenvalue weighted by atomic mass is 14.1. The molecule has 1 rings (SSSR count). The standard InChI is InChI=1S/C16H26/c1-4-5-6-7-8-9-12-16-13-10-11-14(2)15(16)3/h10-11,13H,4-9,12H2,1-3H3. The van der Waals surface area contributed by atoms with Gasteiger partial charge < -0.3 is 0 Å². The Labute approximate surface area is 101 Å². The minimum atomic E-state index is 1.26. The van der Waals surface area contributed by atoms with Crippen LogP contribution in [0.25, 0.3) is 0 Å². The predicted molar refractivity (Wildman–Crippen MR) is 73.0 cm³/mol. The summed E-state index contributed by atoms with van der Waals surface area (Å²) in [4.78, 5) is 0. The summed E-state index contributed by atoms with van der Waals surface area (Å²) in [5.74, 6) is 0. The highest BCUT2D eigenvalue weighted by molar-refractivity contribution is 5.33. The lowest BCUT2D eigenvalue weighted by Gasteiger charge is -2.08. The molecule has 1 aromatic rings. The Balaban J connectivity index is 2.24. The van der Waals surface area contributed by atoms with Crippen molar-refractivity contribution >= 4 is 0 Å². The van der Waals surface area contributed by atoms with E-state index in [2.05, 4.69) is 39.0 Å². The molecule has 0 saturated carbocycles. The molecule has 16 heavy (non-hydrogen) atoms. The summed E-state index contributed by atoms with van der Waals surface area (Å²) in [7, 11) is 0. The molecular formula is C16H26. The van der Waals surface area contributed by atoms with E-state index in [9.17, 15) is 0 Å². The van der Waals surface area contributed by atoms with Gasteiger partial charge in [-0.1, -0.05) is 57.2 Å². The molecule has 0 N–H and O–H groups in total. The molecule has 0 fully saturated rings. The molecule has 0 bridgehead atoms. The number of rotatable bonds is 7. The van der Waals surface area contributed by atoms with Crippen LogP contribution in [0.2, 0.25) is 0 Å². The highest BCUT2D eigenvalue weighted by Crippen LogP contribution is 2.16. The molecule has 0 saturated heterocycles. The fourth-order valence-electron chi connectivity index (χ4n) is 2.18. The summed E-state index contributed by atoms with van der Waals surface area (Å²) in [6.07, 6.45) is 9.60. The third kappa shape index (κ3) is 4.38. The summed E-state index contributed by atoms with van der Waals surface area (Å²) in [5, 5.41) is 0. The summed E-state index contributed by atoms with van der Waals surface area (Å²) in [6, 6.07) is 6.68. The van der Waals surface area contributed by atoms with Crippen molar-refractivity contribution in [3.8, 4) is 0 Å². The molecule has 90 valence electrons. The Morgan fingerprint density at radius 1 is 0.875 bits per heavy atom. The van der Waals surface area contributed by atoms with Gasteiger partial charge in [0.2, 0.25) is 0 Å². The van der Waals surface area contributed by atoms with Crippen molar-refractivity contribution in [1.82, 2.24) is 0 Å². The minimum Gasteiger partial charge on any atom is -0.0654 e. The van der Waals surface area contributed by atoms with E-state index in [0.29, 0.717) is 0 Å². The maximum atomic E-state index is 2.29. The third-order valence-electron chi connectivity index (χ3n) is 3.52. The van der Waals surface area contributed by atoms with Crippen molar-refractivity contribution in [3.05, 3.63) is 34.9 Å². The molecule has 0 aliphatic carbocycles. The quantitative estimate of drug-likeness (QED) is 0.551. The molecule has 0 aliphatic rings. The first-order valence-electron chi connectivity index (χ1n) is 6.80. The zero-order valence-corrected chi connectivity index (χ0v) is 11.2. The Bertz CT molecular complexity index is 299.